The molecular formula is C16H20ClFN2O. The molecule has 21 heavy (non-hydrogen) atoms. The lowest BCUT2D eigenvalue weighted by Gasteiger charge is -2.26. The van der Waals surface area contributed by atoms with Gasteiger partial charge in [-0.15, -0.1) is 0 Å². The highest BCUT2D eigenvalue weighted by Crippen LogP contribution is 2.35. The van der Waals surface area contributed by atoms with Crippen LogP contribution in [0.2, 0.25) is 5.02 Å². The molecule has 2 aliphatic carbocycles. The van der Waals surface area contributed by atoms with Crippen molar-refractivity contribution in [3.63, 3.8) is 0 Å². The maximum absolute atomic E-state index is 14.0. The first-order valence-corrected chi connectivity index (χ1v) is 7.93. The summed E-state index contributed by atoms with van der Waals surface area (Å²) in [5.41, 5.74) is 6.32. The van der Waals surface area contributed by atoms with E-state index in [1.807, 2.05) is 4.90 Å². The Morgan fingerprint density at radius 1 is 1.33 bits per heavy atom. The van der Waals surface area contributed by atoms with Gasteiger partial charge in [-0.3, -0.25) is 4.79 Å². The molecule has 0 heterocycles. The molecule has 2 saturated carbocycles. The molecule has 114 valence electrons. The predicted octanol–water partition coefficient (Wildman–Crippen LogP) is 3.10. The lowest BCUT2D eigenvalue weighted by atomic mass is 10.1. The van der Waals surface area contributed by atoms with Crippen LogP contribution in [0, 0.1) is 11.7 Å². The number of hydrogen-bond acceptors (Lipinski definition) is 2. The molecule has 1 amide bonds. The van der Waals surface area contributed by atoms with E-state index in [1.165, 1.54) is 6.07 Å². The van der Waals surface area contributed by atoms with Crippen molar-refractivity contribution in [3.05, 3.63) is 34.6 Å². The van der Waals surface area contributed by atoms with Crippen molar-refractivity contribution in [1.82, 2.24) is 4.90 Å². The quantitative estimate of drug-likeness (QED) is 0.929. The van der Waals surface area contributed by atoms with Crippen molar-refractivity contribution in [1.29, 1.82) is 0 Å². The summed E-state index contributed by atoms with van der Waals surface area (Å²) in [6.45, 7) is 0.265. The molecule has 0 bridgehead atoms. The largest absolute Gasteiger partial charge is 0.335 e. The average molecular weight is 311 g/mol. The molecule has 0 spiro atoms. The van der Waals surface area contributed by atoms with E-state index < -0.39 is 0 Å². The fourth-order valence-electron chi connectivity index (χ4n) is 3.10. The van der Waals surface area contributed by atoms with Gasteiger partial charge in [0.2, 0.25) is 5.91 Å². The van der Waals surface area contributed by atoms with Gasteiger partial charge in [0, 0.05) is 28.6 Å². The maximum atomic E-state index is 14.0. The van der Waals surface area contributed by atoms with Crippen LogP contribution >= 0.6 is 11.6 Å². The van der Waals surface area contributed by atoms with Crippen molar-refractivity contribution in [2.75, 3.05) is 0 Å². The molecule has 0 aliphatic heterocycles. The molecule has 0 saturated heterocycles. The molecule has 2 aliphatic rings. The molecule has 0 radical (unpaired) electrons. The van der Waals surface area contributed by atoms with Crippen LogP contribution < -0.4 is 5.73 Å². The lowest BCUT2D eigenvalue weighted by molar-refractivity contribution is -0.136. The predicted molar refractivity (Wildman–Crippen MR) is 80.3 cm³/mol. The highest BCUT2D eigenvalue weighted by atomic mass is 35.5. The number of carbonyl (C=O) groups is 1. The van der Waals surface area contributed by atoms with Gasteiger partial charge >= 0.3 is 0 Å². The summed E-state index contributed by atoms with van der Waals surface area (Å²) in [6.07, 6.45) is 4.48. The Hall–Kier alpha value is -1.13. The van der Waals surface area contributed by atoms with Crippen LogP contribution in [0.4, 0.5) is 4.39 Å². The minimum absolute atomic E-state index is 0.00820. The summed E-state index contributed by atoms with van der Waals surface area (Å²) in [5.74, 6) is -0.236. The molecule has 2 unspecified atom stereocenters. The normalized spacial score (nSPS) is 25.1. The zero-order chi connectivity index (χ0) is 15.0. The van der Waals surface area contributed by atoms with Crippen molar-refractivity contribution >= 4 is 17.5 Å². The van der Waals surface area contributed by atoms with Gasteiger partial charge in [0.25, 0.3) is 0 Å². The Labute approximate surface area is 129 Å². The van der Waals surface area contributed by atoms with E-state index in [0.717, 1.165) is 32.1 Å². The molecule has 1 aromatic rings. The van der Waals surface area contributed by atoms with Crippen molar-refractivity contribution in [2.24, 2.45) is 11.7 Å². The number of halogens is 2. The molecule has 2 N–H and O–H groups in total. The second kappa shape index (κ2) is 5.93. The first-order valence-electron chi connectivity index (χ1n) is 7.55. The third-order valence-electron chi connectivity index (χ3n) is 4.48. The summed E-state index contributed by atoms with van der Waals surface area (Å²) < 4.78 is 14.0. The standard InChI is InChI=1S/C16H20ClFN2O/c17-14-2-1-3-15(18)13(14)9-20(12-6-7-12)16(21)10-4-5-11(19)8-10/h1-3,10-12H,4-9,19H2. The fraction of sp³-hybridized carbons (Fsp3) is 0.562. The molecule has 2 atom stereocenters. The molecule has 3 rings (SSSR count). The van der Waals surface area contributed by atoms with Crippen LogP contribution in [0.5, 0.6) is 0 Å². The zero-order valence-electron chi connectivity index (χ0n) is 11.9. The van der Waals surface area contributed by atoms with Gasteiger partial charge in [0.05, 0.1) is 6.54 Å². The van der Waals surface area contributed by atoms with E-state index in [-0.39, 0.29) is 36.3 Å². The van der Waals surface area contributed by atoms with Crippen LogP contribution in [0.1, 0.15) is 37.7 Å². The van der Waals surface area contributed by atoms with Gasteiger partial charge in [-0.1, -0.05) is 17.7 Å². The Bertz CT molecular complexity index is 527. The Kier molecular flexibility index (Phi) is 4.18. The molecule has 0 aromatic heterocycles. The summed E-state index contributed by atoms with van der Waals surface area (Å²) in [7, 11) is 0. The SMILES string of the molecule is NC1CCC(C(=O)N(Cc2c(F)cccc2Cl)C2CC2)C1. The minimum Gasteiger partial charge on any atom is -0.335 e. The highest BCUT2D eigenvalue weighted by Gasteiger charge is 2.38. The van der Waals surface area contributed by atoms with E-state index in [2.05, 4.69) is 0 Å². The van der Waals surface area contributed by atoms with Crippen LogP contribution in [-0.4, -0.2) is 22.9 Å². The van der Waals surface area contributed by atoms with Crippen LogP contribution in [-0.2, 0) is 11.3 Å². The first kappa shape index (κ1) is 14.8. The summed E-state index contributed by atoms with van der Waals surface area (Å²) >= 11 is 6.09. The smallest absolute Gasteiger partial charge is 0.226 e. The van der Waals surface area contributed by atoms with Crippen molar-refractivity contribution < 1.29 is 9.18 Å². The van der Waals surface area contributed by atoms with Gasteiger partial charge in [-0.25, -0.2) is 4.39 Å². The molecule has 2 fully saturated rings. The third-order valence-corrected chi connectivity index (χ3v) is 4.84. The maximum Gasteiger partial charge on any atom is 0.226 e. The van der Waals surface area contributed by atoms with Gasteiger partial charge in [-0.05, 0) is 44.2 Å². The Balaban J connectivity index is 1.77. The number of rotatable bonds is 4. The van der Waals surface area contributed by atoms with E-state index in [4.69, 9.17) is 17.3 Å². The Morgan fingerprint density at radius 3 is 2.67 bits per heavy atom. The number of benzene rings is 1. The van der Waals surface area contributed by atoms with Crippen molar-refractivity contribution in [2.45, 2.75) is 50.7 Å². The molecule has 5 heteroatoms. The van der Waals surface area contributed by atoms with E-state index in [1.54, 1.807) is 12.1 Å². The van der Waals surface area contributed by atoms with Gasteiger partial charge < -0.3 is 10.6 Å². The number of nitrogens with zero attached hydrogens (tertiary/aromatic N) is 1. The zero-order valence-corrected chi connectivity index (χ0v) is 12.7. The number of carbonyl (C=O) groups excluding carboxylic acids is 1. The molecule has 1 aromatic carbocycles. The van der Waals surface area contributed by atoms with Gasteiger partial charge in [-0.2, -0.15) is 0 Å². The summed E-state index contributed by atoms with van der Waals surface area (Å²) in [5, 5.41) is 0.386. The van der Waals surface area contributed by atoms with E-state index in [9.17, 15) is 9.18 Å². The summed E-state index contributed by atoms with van der Waals surface area (Å²) in [4.78, 5) is 14.5. The van der Waals surface area contributed by atoms with E-state index in [0.29, 0.717) is 10.6 Å². The molecular weight excluding hydrogens is 291 g/mol. The van der Waals surface area contributed by atoms with Crippen LogP contribution in [0.15, 0.2) is 18.2 Å². The third kappa shape index (κ3) is 3.22. The number of nitrogens with two attached hydrogens (primary N) is 1. The Morgan fingerprint density at radius 2 is 2.10 bits per heavy atom. The molecule has 3 nitrogen and oxygen atoms in total. The second-order valence-corrected chi connectivity index (χ2v) is 6.57. The topological polar surface area (TPSA) is 46.3 Å². The van der Waals surface area contributed by atoms with Gasteiger partial charge in [0.1, 0.15) is 5.82 Å². The fourth-order valence-corrected chi connectivity index (χ4v) is 3.32. The summed E-state index contributed by atoms with van der Waals surface area (Å²) in [6, 6.07) is 5.01. The van der Waals surface area contributed by atoms with Crippen LogP contribution in [0.3, 0.4) is 0 Å². The average Bonchev–Trinajstić information content (AvgIpc) is 3.19. The van der Waals surface area contributed by atoms with Gasteiger partial charge in [0.15, 0.2) is 0 Å². The number of hydrogen-bond donors (Lipinski definition) is 1. The first-order chi connectivity index (χ1) is 10.1. The minimum atomic E-state index is -0.343. The number of amides is 1. The lowest BCUT2D eigenvalue weighted by Crippen LogP contribution is -2.37. The van der Waals surface area contributed by atoms with Crippen LogP contribution in [0.25, 0.3) is 0 Å². The highest BCUT2D eigenvalue weighted by molar-refractivity contribution is 6.31. The van der Waals surface area contributed by atoms with Crippen molar-refractivity contribution in [3.8, 4) is 0 Å². The van der Waals surface area contributed by atoms with E-state index >= 15 is 0 Å². The second-order valence-electron chi connectivity index (χ2n) is 6.17. The monoisotopic (exact) mass is 310 g/mol.